The summed E-state index contributed by atoms with van der Waals surface area (Å²) < 4.78 is 47.0. The summed E-state index contributed by atoms with van der Waals surface area (Å²) in [5.41, 5.74) is -1.12. The summed E-state index contributed by atoms with van der Waals surface area (Å²) in [6.07, 6.45) is 0.650. The van der Waals surface area contributed by atoms with Crippen LogP contribution in [0.5, 0.6) is 5.75 Å². The van der Waals surface area contributed by atoms with Gasteiger partial charge in [-0.3, -0.25) is 9.89 Å². The molecule has 6 nitrogen and oxygen atoms in total. The average molecular weight is 637 g/mol. The minimum absolute atomic E-state index is 0.0220. The minimum Gasteiger partial charge on any atom is -0.493 e. The second-order valence-electron chi connectivity index (χ2n) is 11.4. The van der Waals surface area contributed by atoms with E-state index in [0.717, 1.165) is 23.3 Å². The van der Waals surface area contributed by atoms with Crippen LogP contribution in [0.1, 0.15) is 63.1 Å². The van der Waals surface area contributed by atoms with Gasteiger partial charge in [0.25, 0.3) is 0 Å². The molecule has 230 valence electrons. The molecule has 2 atom stereocenters. The Morgan fingerprint density at radius 3 is 2.33 bits per heavy atom. The van der Waals surface area contributed by atoms with Crippen molar-refractivity contribution in [1.82, 2.24) is 9.80 Å². The quantitative estimate of drug-likeness (QED) is 0.363. The first-order valence-electron chi connectivity index (χ1n) is 14.3. The lowest BCUT2D eigenvalue weighted by molar-refractivity contribution is -0.137. The summed E-state index contributed by atoms with van der Waals surface area (Å²) in [7, 11) is 0. The summed E-state index contributed by atoms with van der Waals surface area (Å²) in [5, 5.41) is 11.4. The van der Waals surface area contributed by atoms with Crippen molar-refractivity contribution in [3.63, 3.8) is 0 Å². The Hall–Kier alpha value is -3.01. The fourth-order valence-electron chi connectivity index (χ4n) is 6.21. The number of amides is 2. The van der Waals surface area contributed by atoms with E-state index in [9.17, 15) is 23.1 Å². The van der Waals surface area contributed by atoms with E-state index < -0.39 is 28.9 Å². The van der Waals surface area contributed by atoms with Gasteiger partial charge in [-0.2, -0.15) is 13.2 Å². The predicted octanol–water partition coefficient (Wildman–Crippen LogP) is 7.91. The maximum Gasteiger partial charge on any atom is 0.416 e. The molecule has 2 amide bonds. The second-order valence-corrected chi connectivity index (χ2v) is 12.3. The highest BCUT2D eigenvalue weighted by atomic mass is 35.5. The molecular weight excluding hydrogens is 602 g/mol. The number of hydrogen-bond donors (Lipinski definition) is 1. The van der Waals surface area contributed by atoms with Crippen molar-refractivity contribution in [3.05, 3.63) is 86.9 Å². The van der Waals surface area contributed by atoms with Crippen LogP contribution in [0.3, 0.4) is 0 Å². The zero-order chi connectivity index (χ0) is 31.2. The predicted molar refractivity (Wildman–Crippen MR) is 162 cm³/mol. The standard InChI is InChI=1S/C32H34Cl2F3N3O3/c1-4-43-27-19-22(32(35,36)37)9-14-26(27)28-38-30(2,20-5-10-23(33)11-6-20)31(3,21-7-12-24(34)13-8-21)40(28)29(42)39-17-15-25(41)16-18-39/h5,7-10,12-14,19,25,41H,4,6,11,15-18H2,1-3H3/t30-,31+/m0/s1. The van der Waals surface area contributed by atoms with Gasteiger partial charge in [0.1, 0.15) is 22.7 Å². The number of piperidine rings is 1. The van der Waals surface area contributed by atoms with Crippen LogP contribution in [0.25, 0.3) is 0 Å². The highest BCUT2D eigenvalue weighted by Gasteiger charge is 2.61. The number of aliphatic imine (C=N–C) groups is 1. The van der Waals surface area contributed by atoms with E-state index in [4.69, 9.17) is 32.9 Å². The lowest BCUT2D eigenvalue weighted by atomic mass is 9.69. The smallest absolute Gasteiger partial charge is 0.416 e. The molecule has 5 rings (SSSR count). The average Bonchev–Trinajstić information content (AvgIpc) is 3.21. The van der Waals surface area contributed by atoms with Gasteiger partial charge in [-0.15, -0.1) is 0 Å². The van der Waals surface area contributed by atoms with E-state index in [1.807, 2.05) is 38.1 Å². The minimum atomic E-state index is -4.59. The molecule has 2 aliphatic heterocycles. The SMILES string of the molecule is CCOc1cc(C(F)(F)F)ccc1C1=N[C@@](C)(C2=CC=C(Cl)CC2)[C@@](C)(c2ccc(Cl)cc2)N1C(=O)N1CCC(O)CC1. The maximum atomic E-state index is 14.7. The molecular formula is C32H34Cl2F3N3O3. The second kappa shape index (κ2) is 11.8. The van der Waals surface area contributed by atoms with Gasteiger partial charge in [0.2, 0.25) is 0 Å². The number of likely N-dealkylation sites (tertiary alicyclic amines) is 1. The van der Waals surface area contributed by atoms with Crippen LogP contribution in [0.2, 0.25) is 5.02 Å². The number of nitrogens with zero attached hydrogens (tertiary/aromatic N) is 3. The fraction of sp³-hybridized carbons (Fsp3) is 0.438. The van der Waals surface area contributed by atoms with E-state index in [1.165, 1.54) is 6.07 Å². The number of amidine groups is 1. The lowest BCUT2D eigenvalue weighted by Crippen LogP contribution is -2.60. The summed E-state index contributed by atoms with van der Waals surface area (Å²) in [5.74, 6) is 0.181. The third-order valence-corrected chi connectivity index (χ3v) is 9.41. The molecule has 1 saturated heterocycles. The van der Waals surface area contributed by atoms with Crippen molar-refractivity contribution in [2.24, 2.45) is 4.99 Å². The fourth-order valence-corrected chi connectivity index (χ4v) is 6.49. The molecule has 2 aromatic carbocycles. The number of alkyl halides is 3. The molecule has 1 aliphatic carbocycles. The number of urea groups is 1. The van der Waals surface area contributed by atoms with Gasteiger partial charge in [0, 0.05) is 23.1 Å². The largest absolute Gasteiger partial charge is 0.493 e. The molecule has 0 spiro atoms. The Labute approximate surface area is 259 Å². The number of halogens is 5. The van der Waals surface area contributed by atoms with Crippen molar-refractivity contribution >= 4 is 35.1 Å². The van der Waals surface area contributed by atoms with Crippen molar-refractivity contribution in [2.75, 3.05) is 19.7 Å². The van der Waals surface area contributed by atoms with E-state index >= 15 is 0 Å². The third-order valence-electron chi connectivity index (χ3n) is 8.84. The number of hydrogen-bond acceptors (Lipinski definition) is 4. The maximum absolute atomic E-state index is 14.7. The number of ether oxygens (including phenoxy) is 1. The molecule has 0 bridgehead atoms. The lowest BCUT2D eigenvalue weighted by Gasteiger charge is -2.48. The number of allylic oxidation sites excluding steroid dienone is 3. The molecule has 0 unspecified atom stereocenters. The summed E-state index contributed by atoms with van der Waals surface area (Å²) >= 11 is 12.6. The van der Waals surface area contributed by atoms with Gasteiger partial charge in [-0.25, -0.2) is 4.79 Å². The number of benzene rings is 2. The van der Waals surface area contributed by atoms with Gasteiger partial charge < -0.3 is 14.7 Å². The van der Waals surface area contributed by atoms with E-state index in [0.29, 0.717) is 48.8 Å². The van der Waals surface area contributed by atoms with Gasteiger partial charge in [-0.1, -0.05) is 41.4 Å². The number of carbonyl (C=O) groups excluding carboxylic acids is 1. The summed E-state index contributed by atoms with van der Waals surface area (Å²) in [6, 6.07) is 10.1. The summed E-state index contributed by atoms with van der Waals surface area (Å²) in [6.45, 7) is 6.31. The Kier molecular flexibility index (Phi) is 8.64. The first-order chi connectivity index (χ1) is 20.3. The molecule has 0 aromatic heterocycles. The third kappa shape index (κ3) is 5.67. The zero-order valence-corrected chi connectivity index (χ0v) is 25.7. The van der Waals surface area contributed by atoms with Gasteiger partial charge >= 0.3 is 12.2 Å². The van der Waals surface area contributed by atoms with Crippen LogP contribution in [0.4, 0.5) is 18.0 Å². The van der Waals surface area contributed by atoms with Gasteiger partial charge in [-0.05, 0) is 94.0 Å². The molecule has 1 fully saturated rings. The van der Waals surface area contributed by atoms with E-state index in [1.54, 1.807) is 28.9 Å². The Morgan fingerprint density at radius 2 is 1.74 bits per heavy atom. The van der Waals surface area contributed by atoms with Crippen LogP contribution in [-0.4, -0.2) is 58.1 Å². The van der Waals surface area contributed by atoms with Crippen LogP contribution >= 0.6 is 23.2 Å². The van der Waals surface area contributed by atoms with Gasteiger partial charge in [0.05, 0.1) is 23.8 Å². The van der Waals surface area contributed by atoms with Crippen molar-refractivity contribution < 1.29 is 27.8 Å². The van der Waals surface area contributed by atoms with E-state index in [-0.39, 0.29) is 29.8 Å². The van der Waals surface area contributed by atoms with Crippen molar-refractivity contribution in [2.45, 2.75) is 69.8 Å². The molecule has 1 N–H and O–H groups in total. The number of aliphatic hydroxyl groups excluding tert-OH is 1. The van der Waals surface area contributed by atoms with Crippen LogP contribution < -0.4 is 4.74 Å². The zero-order valence-electron chi connectivity index (χ0n) is 24.2. The Bertz CT molecular complexity index is 1480. The van der Waals surface area contributed by atoms with Gasteiger partial charge in [0.15, 0.2) is 0 Å². The van der Waals surface area contributed by atoms with Crippen molar-refractivity contribution in [3.8, 4) is 5.75 Å². The highest BCUT2D eigenvalue weighted by molar-refractivity contribution is 6.30. The highest BCUT2D eigenvalue weighted by Crippen LogP contribution is 2.53. The number of carbonyl (C=O) groups is 1. The van der Waals surface area contributed by atoms with Crippen LogP contribution in [-0.2, 0) is 11.7 Å². The molecule has 0 saturated carbocycles. The molecule has 2 heterocycles. The van der Waals surface area contributed by atoms with Crippen LogP contribution in [0, 0.1) is 0 Å². The molecule has 43 heavy (non-hydrogen) atoms. The summed E-state index contributed by atoms with van der Waals surface area (Å²) in [4.78, 5) is 23.2. The normalized spacial score (nSPS) is 24.9. The van der Waals surface area contributed by atoms with E-state index in [2.05, 4.69) is 0 Å². The monoisotopic (exact) mass is 635 g/mol. The molecule has 0 radical (unpaired) electrons. The van der Waals surface area contributed by atoms with Crippen molar-refractivity contribution in [1.29, 1.82) is 0 Å². The molecule has 11 heteroatoms. The number of rotatable bonds is 5. The topological polar surface area (TPSA) is 65.4 Å². The first-order valence-corrected chi connectivity index (χ1v) is 15.1. The number of aliphatic hydroxyl groups is 1. The Balaban J connectivity index is 1.78. The molecule has 3 aliphatic rings. The Morgan fingerprint density at radius 1 is 1.07 bits per heavy atom. The van der Waals surface area contributed by atoms with Crippen LogP contribution in [0.15, 0.2) is 70.2 Å². The first kappa shape index (κ1) is 31.4. The molecule has 2 aromatic rings.